The van der Waals surface area contributed by atoms with E-state index >= 15 is 0 Å². The monoisotopic (exact) mass is 445 g/mol. The van der Waals surface area contributed by atoms with Crippen LogP contribution in [0, 0.1) is 11.8 Å². The maximum Gasteiger partial charge on any atom is 0.338 e. The van der Waals surface area contributed by atoms with Crippen LogP contribution in [0.4, 0.5) is 5.69 Å². The summed E-state index contributed by atoms with van der Waals surface area (Å²) < 4.78 is 5.52. The number of fused-ring (bicyclic) bond motifs is 4. The third kappa shape index (κ3) is 3.12. The highest BCUT2D eigenvalue weighted by Crippen LogP contribution is 2.53. The number of Topliss-reactive ketones (excluding diaryl/α,β-unsaturated/α-hetero) is 1. The van der Waals surface area contributed by atoms with Gasteiger partial charge in [0, 0.05) is 41.2 Å². The lowest BCUT2D eigenvalue weighted by atomic mass is 9.73. The van der Waals surface area contributed by atoms with Crippen LogP contribution >= 0.6 is 11.6 Å². The largest absolute Gasteiger partial charge is 0.454 e. The number of hydrogen-bond donors (Lipinski definition) is 0. The minimum absolute atomic E-state index is 0.234. The van der Waals surface area contributed by atoms with Crippen molar-refractivity contribution < 1.29 is 14.3 Å². The number of carbonyl (C=O) groups is 2. The summed E-state index contributed by atoms with van der Waals surface area (Å²) in [5, 5.41) is 0.565. The number of hydrogen-bond acceptors (Lipinski definition) is 4. The van der Waals surface area contributed by atoms with Crippen molar-refractivity contribution >= 4 is 29.0 Å². The molecule has 2 aliphatic heterocycles. The van der Waals surface area contributed by atoms with Gasteiger partial charge in [0.05, 0.1) is 5.56 Å². The Morgan fingerprint density at radius 2 is 1.62 bits per heavy atom. The van der Waals surface area contributed by atoms with E-state index < -0.39 is 5.97 Å². The highest BCUT2D eigenvalue weighted by atomic mass is 35.5. The van der Waals surface area contributed by atoms with Crippen LogP contribution in [0.25, 0.3) is 0 Å². The lowest BCUT2D eigenvalue weighted by molar-refractivity contribution is 0.0473. The molecular weight excluding hydrogens is 422 g/mol. The number of ketones is 1. The summed E-state index contributed by atoms with van der Waals surface area (Å²) >= 11 is 5.90. The standard InChI is InChI=1S/C27H24ClNO3/c28-19-9-7-16(8-10-19)24(30)15-32-27(31)23-12-11-22-20-5-1-3-17(20)13-29-14-18-4-2-6-21(18)25(23)26(22)29/h1-2,5-12,17-18,20-21H,3-4,13-15H2/t17-,18-,20+,21+/m0/s1. The fraction of sp³-hybridized carbons (Fsp3) is 0.333. The van der Waals surface area contributed by atoms with E-state index in [-0.39, 0.29) is 18.3 Å². The maximum atomic E-state index is 13.2. The molecule has 0 saturated carbocycles. The van der Waals surface area contributed by atoms with E-state index in [4.69, 9.17) is 16.3 Å². The van der Waals surface area contributed by atoms with Gasteiger partial charge in [0.25, 0.3) is 0 Å². The van der Waals surface area contributed by atoms with Gasteiger partial charge in [0.1, 0.15) is 0 Å². The molecule has 0 fully saturated rings. The summed E-state index contributed by atoms with van der Waals surface area (Å²) in [6, 6.07) is 10.7. The van der Waals surface area contributed by atoms with E-state index in [9.17, 15) is 9.59 Å². The first-order valence-corrected chi connectivity index (χ1v) is 11.7. The zero-order valence-corrected chi connectivity index (χ0v) is 18.4. The summed E-state index contributed by atoms with van der Waals surface area (Å²) in [7, 11) is 0. The fourth-order valence-corrected chi connectivity index (χ4v) is 6.11. The van der Waals surface area contributed by atoms with Crippen molar-refractivity contribution in [2.24, 2.45) is 11.8 Å². The molecule has 0 aromatic heterocycles. The zero-order chi connectivity index (χ0) is 21.8. The average Bonchev–Trinajstić information content (AvgIpc) is 3.47. The van der Waals surface area contributed by atoms with Crippen molar-refractivity contribution in [1.82, 2.24) is 0 Å². The number of halogens is 1. The van der Waals surface area contributed by atoms with Crippen LogP contribution in [-0.2, 0) is 4.74 Å². The van der Waals surface area contributed by atoms with Gasteiger partial charge >= 0.3 is 5.97 Å². The number of nitrogens with zero attached hydrogens (tertiary/aromatic N) is 1. The topological polar surface area (TPSA) is 46.6 Å². The Labute approximate surface area is 192 Å². The van der Waals surface area contributed by atoms with Gasteiger partial charge in [0.15, 0.2) is 12.4 Å². The number of ether oxygens (including phenoxy) is 1. The number of rotatable bonds is 4. The van der Waals surface area contributed by atoms with E-state index in [1.165, 1.54) is 11.3 Å². The maximum absolute atomic E-state index is 13.2. The minimum atomic E-state index is -0.421. The van der Waals surface area contributed by atoms with E-state index in [1.54, 1.807) is 24.3 Å². The molecule has 0 spiro atoms. The highest BCUT2D eigenvalue weighted by molar-refractivity contribution is 6.30. The van der Waals surface area contributed by atoms with Gasteiger partial charge in [-0.2, -0.15) is 0 Å². The van der Waals surface area contributed by atoms with Crippen LogP contribution in [0.3, 0.4) is 0 Å². The van der Waals surface area contributed by atoms with Crippen LogP contribution in [-0.4, -0.2) is 31.4 Å². The summed E-state index contributed by atoms with van der Waals surface area (Å²) in [6.45, 7) is 1.79. The molecule has 162 valence electrons. The first kappa shape index (κ1) is 19.8. The van der Waals surface area contributed by atoms with Gasteiger partial charge in [-0.05, 0) is 66.1 Å². The second kappa shape index (κ2) is 7.63. The number of carbonyl (C=O) groups excluding carboxylic acids is 2. The van der Waals surface area contributed by atoms with Crippen molar-refractivity contribution in [3.8, 4) is 0 Å². The van der Waals surface area contributed by atoms with Gasteiger partial charge in [-0.25, -0.2) is 4.79 Å². The molecule has 4 aliphatic rings. The molecule has 4 nitrogen and oxygen atoms in total. The Morgan fingerprint density at radius 3 is 2.38 bits per heavy atom. The summed E-state index contributed by atoms with van der Waals surface area (Å²) in [4.78, 5) is 28.2. The molecule has 2 heterocycles. The fourth-order valence-electron chi connectivity index (χ4n) is 5.99. The first-order chi connectivity index (χ1) is 15.6. The van der Waals surface area contributed by atoms with Crippen LogP contribution in [0.5, 0.6) is 0 Å². The lowest BCUT2D eigenvalue weighted by Crippen LogP contribution is -2.44. The van der Waals surface area contributed by atoms with Crippen molar-refractivity contribution in [1.29, 1.82) is 0 Å². The van der Waals surface area contributed by atoms with Gasteiger partial charge < -0.3 is 9.64 Å². The molecule has 2 aliphatic carbocycles. The summed E-state index contributed by atoms with van der Waals surface area (Å²) in [5.41, 5.74) is 4.73. The van der Waals surface area contributed by atoms with Gasteiger partial charge in [-0.3, -0.25) is 4.79 Å². The Morgan fingerprint density at radius 1 is 0.938 bits per heavy atom. The van der Waals surface area contributed by atoms with Gasteiger partial charge in [-0.1, -0.05) is 42.0 Å². The van der Waals surface area contributed by atoms with Crippen LogP contribution in [0.15, 0.2) is 60.7 Å². The normalized spacial score (nSPS) is 26.5. The molecule has 0 bridgehead atoms. The first-order valence-electron chi connectivity index (χ1n) is 11.3. The van der Waals surface area contributed by atoms with Gasteiger partial charge in [-0.15, -0.1) is 0 Å². The van der Waals surface area contributed by atoms with Crippen molar-refractivity contribution in [3.63, 3.8) is 0 Å². The number of benzene rings is 2. The number of esters is 1. The molecule has 0 N–H and O–H groups in total. The third-order valence-electron chi connectivity index (χ3n) is 7.47. The van der Waals surface area contributed by atoms with Crippen LogP contribution < -0.4 is 4.90 Å². The molecular formula is C27H24ClNO3. The Bertz CT molecular complexity index is 1160. The average molecular weight is 446 g/mol. The SMILES string of the molecule is O=C(COC(=O)c1ccc2c3c1[C@@H]1C=CC[C@H]1CN3C[C@@H]1CC=C[C@@H]21)c1ccc(Cl)cc1. The van der Waals surface area contributed by atoms with Crippen molar-refractivity contribution in [2.45, 2.75) is 24.7 Å². The second-order valence-corrected chi connectivity index (χ2v) is 9.71. The predicted molar refractivity (Wildman–Crippen MR) is 125 cm³/mol. The molecule has 5 heteroatoms. The van der Waals surface area contributed by atoms with Crippen LogP contribution in [0.1, 0.15) is 56.5 Å². The number of anilines is 1. The smallest absolute Gasteiger partial charge is 0.338 e. The third-order valence-corrected chi connectivity index (χ3v) is 7.72. The lowest BCUT2D eigenvalue weighted by Gasteiger charge is -2.46. The van der Waals surface area contributed by atoms with E-state index in [0.29, 0.717) is 33.9 Å². The van der Waals surface area contributed by atoms with Crippen molar-refractivity contribution in [3.05, 3.63) is 88.0 Å². The molecule has 0 unspecified atom stereocenters. The molecule has 2 aromatic carbocycles. The predicted octanol–water partition coefficient (Wildman–Crippen LogP) is 5.53. The minimum Gasteiger partial charge on any atom is -0.454 e. The molecule has 32 heavy (non-hydrogen) atoms. The van der Waals surface area contributed by atoms with Crippen LogP contribution in [0.2, 0.25) is 5.02 Å². The molecule has 2 aromatic rings. The quantitative estimate of drug-likeness (QED) is 0.352. The summed E-state index contributed by atoms with van der Waals surface area (Å²) in [6.07, 6.45) is 11.3. The Balaban J connectivity index is 1.33. The molecule has 0 radical (unpaired) electrons. The molecule has 6 rings (SSSR count). The molecule has 0 saturated heterocycles. The number of allylic oxidation sites excluding steroid dienone is 4. The van der Waals surface area contributed by atoms with E-state index in [1.807, 2.05) is 6.07 Å². The zero-order valence-electron chi connectivity index (χ0n) is 17.7. The van der Waals surface area contributed by atoms with E-state index in [0.717, 1.165) is 31.5 Å². The molecule has 0 amide bonds. The Hall–Kier alpha value is -2.85. The van der Waals surface area contributed by atoms with Gasteiger partial charge in [0.2, 0.25) is 0 Å². The highest BCUT2D eigenvalue weighted by Gasteiger charge is 2.44. The van der Waals surface area contributed by atoms with E-state index in [2.05, 4.69) is 35.3 Å². The Kier molecular flexibility index (Phi) is 4.72. The second-order valence-electron chi connectivity index (χ2n) is 9.28. The molecule has 4 atom stereocenters. The summed E-state index contributed by atoms with van der Waals surface area (Å²) in [5.74, 6) is 1.12. The van der Waals surface area contributed by atoms with Crippen molar-refractivity contribution in [2.75, 3.05) is 24.6 Å².